The zero-order valence-electron chi connectivity index (χ0n) is 16.5. The van der Waals surface area contributed by atoms with Gasteiger partial charge in [-0.2, -0.15) is 0 Å². The summed E-state index contributed by atoms with van der Waals surface area (Å²) in [5, 5.41) is 0. The molecule has 1 atom stereocenters. The zero-order valence-corrected chi connectivity index (χ0v) is 16.5. The van der Waals surface area contributed by atoms with Gasteiger partial charge in [-0.05, 0) is 48.8 Å². The topological polar surface area (TPSA) is 26.3 Å². The Bertz CT molecular complexity index is 533. The third-order valence-electron chi connectivity index (χ3n) is 4.18. The van der Waals surface area contributed by atoms with Gasteiger partial charge in [0.1, 0.15) is 11.5 Å². The summed E-state index contributed by atoms with van der Waals surface area (Å²) in [6.07, 6.45) is 1.71. The Kier molecular flexibility index (Phi) is 6.06. The first kappa shape index (κ1) is 19.7. The van der Waals surface area contributed by atoms with Crippen LogP contribution in [-0.2, 0) is 11.2 Å². The molecule has 2 nitrogen and oxygen atoms in total. The number of benzene rings is 1. The molecule has 0 saturated carbocycles. The summed E-state index contributed by atoms with van der Waals surface area (Å²) >= 11 is 0. The van der Waals surface area contributed by atoms with Gasteiger partial charge in [0.15, 0.2) is 0 Å². The van der Waals surface area contributed by atoms with Gasteiger partial charge in [-0.15, -0.1) is 0 Å². The number of hydrogen-bond donors (Lipinski definition) is 0. The van der Waals surface area contributed by atoms with E-state index in [0.717, 1.165) is 29.7 Å². The van der Waals surface area contributed by atoms with Crippen molar-refractivity contribution in [3.05, 3.63) is 28.8 Å². The first-order valence-corrected chi connectivity index (χ1v) is 8.53. The van der Waals surface area contributed by atoms with Gasteiger partial charge in [-0.1, -0.05) is 53.7 Å². The summed E-state index contributed by atoms with van der Waals surface area (Å²) in [5.41, 5.74) is 3.35. The van der Waals surface area contributed by atoms with Crippen molar-refractivity contribution in [1.29, 1.82) is 0 Å². The zero-order chi connectivity index (χ0) is 18.0. The minimum absolute atomic E-state index is 0.0576. The van der Waals surface area contributed by atoms with Gasteiger partial charge in [0.05, 0.1) is 7.11 Å². The van der Waals surface area contributed by atoms with Gasteiger partial charge in [0, 0.05) is 11.3 Å². The number of Topliss-reactive ketones (excluding diaryl/α,β-unsaturated/α-hetero) is 1. The van der Waals surface area contributed by atoms with E-state index >= 15 is 0 Å². The Hall–Kier alpha value is -1.31. The molecule has 0 bridgehead atoms. The predicted molar refractivity (Wildman–Crippen MR) is 98.2 cm³/mol. The Labute approximate surface area is 142 Å². The van der Waals surface area contributed by atoms with Crippen molar-refractivity contribution >= 4 is 5.78 Å². The number of methoxy groups -OCH3 is 1. The lowest BCUT2D eigenvalue weighted by Crippen LogP contribution is -2.32. The molecule has 0 aliphatic rings. The second kappa shape index (κ2) is 7.07. The van der Waals surface area contributed by atoms with Gasteiger partial charge in [-0.3, -0.25) is 4.79 Å². The lowest BCUT2D eigenvalue weighted by Gasteiger charge is -2.30. The fourth-order valence-electron chi connectivity index (χ4n) is 3.37. The second-order valence-electron chi connectivity index (χ2n) is 9.04. The molecule has 0 amide bonds. The molecule has 1 unspecified atom stereocenters. The van der Waals surface area contributed by atoms with E-state index in [4.69, 9.17) is 4.74 Å². The number of hydrogen-bond acceptors (Lipinski definition) is 2. The molecule has 2 heteroatoms. The smallest absolute Gasteiger partial charge is 0.141 e. The van der Waals surface area contributed by atoms with Crippen LogP contribution in [0.4, 0.5) is 0 Å². The second-order valence-corrected chi connectivity index (χ2v) is 9.04. The minimum atomic E-state index is -0.299. The molecule has 1 aromatic rings. The van der Waals surface area contributed by atoms with E-state index < -0.39 is 0 Å². The average molecular weight is 319 g/mol. The van der Waals surface area contributed by atoms with E-state index in [1.807, 2.05) is 20.8 Å². The molecular weight excluding hydrogens is 284 g/mol. The molecule has 1 aromatic carbocycles. The number of aryl methyl sites for hydroxylation is 2. The predicted octanol–water partition coefficient (Wildman–Crippen LogP) is 5.52. The standard InChI is InChI=1S/C21H34O2/c1-14-10-16(11-15(2)18(14)23-9)12-17(13-20(3,4)5)19(22)21(6,7)8/h10-11,17H,12-13H2,1-9H3. The van der Waals surface area contributed by atoms with Crippen molar-refractivity contribution in [2.75, 3.05) is 7.11 Å². The van der Waals surface area contributed by atoms with Gasteiger partial charge in [-0.25, -0.2) is 0 Å². The normalized spacial score (nSPS) is 13.8. The van der Waals surface area contributed by atoms with Crippen LogP contribution in [0.3, 0.4) is 0 Å². The number of carbonyl (C=O) groups excluding carboxylic acids is 1. The van der Waals surface area contributed by atoms with Gasteiger partial charge >= 0.3 is 0 Å². The lowest BCUT2D eigenvalue weighted by molar-refractivity contribution is -0.131. The maximum Gasteiger partial charge on any atom is 0.141 e. The molecule has 0 radical (unpaired) electrons. The van der Waals surface area contributed by atoms with Crippen LogP contribution in [-0.4, -0.2) is 12.9 Å². The Morgan fingerprint density at radius 2 is 1.52 bits per heavy atom. The van der Waals surface area contributed by atoms with Crippen LogP contribution >= 0.6 is 0 Å². The van der Waals surface area contributed by atoms with Crippen molar-refractivity contribution in [3.63, 3.8) is 0 Å². The van der Waals surface area contributed by atoms with Crippen molar-refractivity contribution in [2.24, 2.45) is 16.7 Å². The molecule has 0 heterocycles. The van der Waals surface area contributed by atoms with Crippen LogP contribution in [0, 0.1) is 30.6 Å². The van der Waals surface area contributed by atoms with Crippen LogP contribution in [0.25, 0.3) is 0 Å². The van der Waals surface area contributed by atoms with Gasteiger partial charge in [0.2, 0.25) is 0 Å². The van der Waals surface area contributed by atoms with E-state index in [9.17, 15) is 4.79 Å². The minimum Gasteiger partial charge on any atom is -0.496 e. The molecule has 0 saturated heterocycles. The molecule has 0 fully saturated rings. The Morgan fingerprint density at radius 1 is 1.04 bits per heavy atom. The highest BCUT2D eigenvalue weighted by Gasteiger charge is 2.32. The molecule has 23 heavy (non-hydrogen) atoms. The summed E-state index contributed by atoms with van der Waals surface area (Å²) in [6, 6.07) is 4.33. The van der Waals surface area contributed by atoms with E-state index in [-0.39, 0.29) is 16.7 Å². The molecule has 0 aromatic heterocycles. The van der Waals surface area contributed by atoms with Crippen LogP contribution in [0.2, 0.25) is 0 Å². The summed E-state index contributed by atoms with van der Waals surface area (Å²) < 4.78 is 5.45. The fourth-order valence-corrected chi connectivity index (χ4v) is 3.37. The third kappa shape index (κ3) is 5.67. The number of ketones is 1. The summed E-state index contributed by atoms with van der Waals surface area (Å²) in [4.78, 5) is 12.9. The summed E-state index contributed by atoms with van der Waals surface area (Å²) in [5.74, 6) is 1.36. The van der Waals surface area contributed by atoms with Crippen LogP contribution in [0.15, 0.2) is 12.1 Å². The Morgan fingerprint density at radius 3 is 1.87 bits per heavy atom. The van der Waals surface area contributed by atoms with E-state index in [1.54, 1.807) is 7.11 Å². The first-order valence-electron chi connectivity index (χ1n) is 8.53. The molecule has 0 aliphatic heterocycles. The van der Waals surface area contributed by atoms with Gasteiger partial charge in [0.25, 0.3) is 0 Å². The number of carbonyl (C=O) groups is 1. The molecule has 1 rings (SSSR count). The SMILES string of the molecule is COc1c(C)cc(CC(CC(C)(C)C)C(=O)C(C)(C)C)cc1C. The van der Waals surface area contributed by atoms with Crippen molar-refractivity contribution in [3.8, 4) is 5.75 Å². The first-order chi connectivity index (χ1) is 10.3. The summed E-state index contributed by atoms with van der Waals surface area (Å²) in [7, 11) is 1.71. The van der Waals surface area contributed by atoms with Crippen LogP contribution in [0.1, 0.15) is 64.7 Å². The molecule has 0 aliphatic carbocycles. The molecule has 0 spiro atoms. The van der Waals surface area contributed by atoms with Crippen LogP contribution in [0.5, 0.6) is 5.75 Å². The highest BCUT2D eigenvalue weighted by molar-refractivity contribution is 5.86. The Balaban J connectivity index is 3.13. The largest absolute Gasteiger partial charge is 0.496 e. The third-order valence-corrected chi connectivity index (χ3v) is 4.18. The molecule has 130 valence electrons. The van der Waals surface area contributed by atoms with Crippen molar-refractivity contribution < 1.29 is 9.53 Å². The van der Waals surface area contributed by atoms with E-state index in [1.165, 1.54) is 5.56 Å². The number of rotatable bonds is 5. The average Bonchev–Trinajstić information content (AvgIpc) is 2.34. The quantitative estimate of drug-likeness (QED) is 0.714. The van der Waals surface area contributed by atoms with Crippen molar-refractivity contribution in [1.82, 2.24) is 0 Å². The van der Waals surface area contributed by atoms with E-state index in [0.29, 0.717) is 5.78 Å². The highest BCUT2D eigenvalue weighted by atomic mass is 16.5. The van der Waals surface area contributed by atoms with Crippen LogP contribution < -0.4 is 4.74 Å². The molecular formula is C21H34O2. The molecule has 0 N–H and O–H groups in total. The van der Waals surface area contributed by atoms with Crippen molar-refractivity contribution in [2.45, 2.75) is 68.2 Å². The summed E-state index contributed by atoms with van der Waals surface area (Å²) in [6.45, 7) is 16.8. The maximum atomic E-state index is 12.9. The van der Waals surface area contributed by atoms with Gasteiger partial charge < -0.3 is 4.74 Å². The monoisotopic (exact) mass is 318 g/mol. The van der Waals surface area contributed by atoms with E-state index in [2.05, 4.69) is 46.8 Å². The lowest BCUT2D eigenvalue weighted by atomic mass is 9.73. The fraction of sp³-hybridized carbons (Fsp3) is 0.667. The number of ether oxygens (including phenoxy) is 1. The maximum absolute atomic E-state index is 12.9. The highest BCUT2D eigenvalue weighted by Crippen LogP contribution is 2.33.